The standard InChI is InChI=1S/C17H28N2/c1-5-8-13-19(12-7-3)17-16(9-6-2)14-15(4)10-11-18-17/h10-11,14H,4-9,12-13H2,1-3H3. The zero-order valence-corrected chi connectivity index (χ0v) is 12.8. The van der Waals surface area contributed by atoms with Gasteiger partial charge in [0.15, 0.2) is 0 Å². The molecular formula is C17H28N2. The maximum atomic E-state index is 4.68. The Morgan fingerprint density at radius 1 is 1.11 bits per heavy atom. The molecule has 0 aromatic carbocycles. The van der Waals surface area contributed by atoms with Crippen LogP contribution in [0.2, 0.25) is 0 Å². The van der Waals surface area contributed by atoms with E-state index in [1.54, 1.807) is 0 Å². The van der Waals surface area contributed by atoms with Gasteiger partial charge >= 0.3 is 0 Å². The van der Waals surface area contributed by atoms with Crippen molar-refractivity contribution in [1.29, 1.82) is 0 Å². The van der Waals surface area contributed by atoms with Crippen LogP contribution in [0.25, 0.3) is 0 Å². The van der Waals surface area contributed by atoms with Crippen LogP contribution < -0.4 is 0 Å². The van der Waals surface area contributed by atoms with Gasteiger partial charge in [-0.15, -0.1) is 0 Å². The van der Waals surface area contributed by atoms with Gasteiger partial charge < -0.3 is 4.90 Å². The molecule has 0 aliphatic carbocycles. The summed E-state index contributed by atoms with van der Waals surface area (Å²) in [7, 11) is 0. The molecule has 0 radical (unpaired) electrons. The highest BCUT2D eigenvalue weighted by atomic mass is 15.2. The number of aliphatic imine (C=N–C) groups is 1. The predicted octanol–water partition coefficient (Wildman–Crippen LogP) is 4.71. The van der Waals surface area contributed by atoms with E-state index in [9.17, 15) is 0 Å². The van der Waals surface area contributed by atoms with Gasteiger partial charge in [-0.1, -0.05) is 40.2 Å². The Balaban J connectivity index is 2.94. The van der Waals surface area contributed by atoms with Gasteiger partial charge in [0, 0.05) is 19.3 Å². The van der Waals surface area contributed by atoms with Crippen molar-refractivity contribution in [1.82, 2.24) is 4.90 Å². The van der Waals surface area contributed by atoms with Crippen LogP contribution in [0.3, 0.4) is 0 Å². The zero-order chi connectivity index (χ0) is 14.1. The minimum Gasteiger partial charge on any atom is -0.356 e. The molecule has 0 saturated heterocycles. The summed E-state index contributed by atoms with van der Waals surface area (Å²) in [6, 6.07) is 0. The Morgan fingerprint density at radius 3 is 2.53 bits per heavy atom. The molecule has 0 aromatic heterocycles. The van der Waals surface area contributed by atoms with Crippen molar-refractivity contribution in [2.45, 2.75) is 52.9 Å². The summed E-state index contributed by atoms with van der Waals surface area (Å²) in [5.41, 5.74) is 2.39. The maximum Gasteiger partial charge on any atom is 0.131 e. The maximum absolute atomic E-state index is 4.68. The van der Waals surface area contributed by atoms with E-state index >= 15 is 0 Å². The van der Waals surface area contributed by atoms with E-state index < -0.39 is 0 Å². The third kappa shape index (κ3) is 5.06. The van der Waals surface area contributed by atoms with Crippen molar-refractivity contribution < 1.29 is 0 Å². The number of unbranched alkanes of at least 4 members (excludes halogenated alkanes) is 1. The fourth-order valence-electron chi connectivity index (χ4n) is 2.30. The van der Waals surface area contributed by atoms with Gasteiger partial charge in [0.1, 0.15) is 5.84 Å². The van der Waals surface area contributed by atoms with Gasteiger partial charge in [-0.25, -0.2) is 4.99 Å². The summed E-state index contributed by atoms with van der Waals surface area (Å²) in [6.07, 6.45) is 11.9. The summed E-state index contributed by atoms with van der Waals surface area (Å²) in [5.74, 6) is 1.16. The topological polar surface area (TPSA) is 15.6 Å². The average Bonchev–Trinajstić information content (AvgIpc) is 2.57. The Kier molecular flexibility index (Phi) is 7.24. The molecule has 1 heterocycles. The largest absolute Gasteiger partial charge is 0.356 e. The van der Waals surface area contributed by atoms with E-state index in [1.165, 1.54) is 18.4 Å². The lowest BCUT2D eigenvalue weighted by atomic mass is 10.1. The van der Waals surface area contributed by atoms with Crippen molar-refractivity contribution >= 4 is 5.84 Å². The second-order valence-electron chi connectivity index (χ2n) is 5.10. The van der Waals surface area contributed by atoms with Gasteiger partial charge in [-0.05, 0) is 42.6 Å². The average molecular weight is 260 g/mol. The van der Waals surface area contributed by atoms with Gasteiger partial charge in [0.05, 0.1) is 0 Å². The normalized spacial score (nSPS) is 15.0. The summed E-state index contributed by atoms with van der Waals surface area (Å²) < 4.78 is 0. The lowest BCUT2D eigenvalue weighted by Gasteiger charge is -2.27. The molecule has 1 aliphatic rings. The van der Waals surface area contributed by atoms with E-state index in [0.717, 1.165) is 43.8 Å². The third-order valence-electron chi connectivity index (χ3n) is 3.23. The second-order valence-corrected chi connectivity index (χ2v) is 5.10. The fraction of sp³-hybridized carbons (Fsp3) is 0.588. The number of hydrogen-bond acceptors (Lipinski definition) is 2. The van der Waals surface area contributed by atoms with Crippen molar-refractivity contribution in [3.8, 4) is 0 Å². The minimum atomic E-state index is 1.05. The second kappa shape index (κ2) is 8.73. The Bertz CT molecular complexity index is 375. The van der Waals surface area contributed by atoms with Gasteiger partial charge in [0.25, 0.3) is 0 Å². The molecule has 2 heteroatoms. The molecular weight excluding hydrogens is 232 g/mol. The SMILES string of the molecule is C=C1C=CN=C(N(CCC)CCCC)C(CCC)=C1. The lowest BCUT2D eigenvalue weighted by Crippen LogP contribution is -2.34. The van der Waals surface area contributed by atoms with Crippen LogP contribution in [0.1, 0.15) is 52.9 Å². The van der Waals surface area contributed by atoms with Crippen LogP contribution in [-0.2, 0) is 0 Å². The number of allylic oxidation sites excluding steroid dienone is 3. The molecule has 0 atom stereocenters. The van der Waals surface area contributed by atoms with E-state index in [1.807, 2.05) is 12.3 Å². The van der Waals surface area contributed by atoms with Crippen LogP contribution in [0.15, 0.2) is 41.1 Å². The van der Waals surface area contributed by atoms with Crippen molar-refractivity contribution in [3.63, 3.8) is 0 Å². The number of rotatable bonds is 7. The summed E-state index contributed by atoms with van der Waals surface area (Å²) in [6.45, 7) is 12.9. The third-order valence-corrected chi connectivity index (χ3v) is 3.23. The molecule has 0 saturated carbocycles. The summed E-state index contributed by atoms with van der Waals surface area (Å²) in [5, 5.41) is 0. The monoisotopic (exact) mass is 260 g/mol. The molecule has 0 N–H and O–H groups in total. The zero-order valence-electron chi connectivity index (χ0n) is 12.8. The predicted molar refractivity (Wildman–Crippen MR) is 85.5 cm³/mol. The van der Waals surface area contributed by atoms with E-state index in [4.69, 9.17) is 0 Å². The smallest absolute Gasteiger partial charge is 0.131 e. The Labute approximate surface area is 118 Å². The Hall–Kier alpha value is -1.31. The van der Waals surface area contributed by atoms with E-state index in [-0.39, 0.29) is 0 Å². The molecule has 0 amide bonds. The van der Waals surface area contributed by atoms with Crippen LogP contribution >= 0.6 is 0 Å². The summed E-state index contributed by atoms with van der Waals surface area (Å²) in [4.78, 5) is 7.12. The molecule has 0 spiro atoms. The first-order valence-corrected chi connectivity index (χ1v) is 7.62. The number of hydrogen-bond donors (Lipinski definition) is 0. The molecule has 2 nitrogen and oxygen atoms in total. The van der Waals surface area contributed by atoms with Crippen molar-refractivity contribution in [2.75, 3.05) is 13.1 Å². The van der Waals surface area contributed by atoms with Crippen LogP contribution in [0.4, 0.5) is 0 Å². The van der Waals surface area contributed by atoms with Gasteiger partial charge in [-0.2, -0.15) is 0 Å². The van der Waals surface area contributed by atoms with E-state index in [2.05, 4.69) is 43.3 Å². The molecule has 0 fully saturated rings. The molecule has 0 aromatic rings. The molecule has 19 heavy (non-hydrogen) atoms. The van der Waals surface area contributed by atoms with Crippen molar-refractivity contribution in [2.24, 2.45) is 4.99 Å². The quantitative estimate of drug-likeness (QED) is 0.647. The highest BCUT2D eigenvalue weighted by molar-refractivity contribution is 5.99. The first kappa shape index (κ1) is 15.7. The lowest BCUT2D eigenvalue weighted by molar-refractivity contribution is 0.406. The summed E-state index contributed by atoms with van der Waals surface area (Å²) >= 11 is 0. The highest BCUT2D eigenvalue weighted by Crippen LogP contribution is 2.18. The molecule has 0 bridgehead atoms. The Morgan fingerprint density at radius 2 is 1.89 bits per heavy atom. The minimum absolute atomic E-state index is 1.05. The molecule has 1 rings (SSSR count). The van der Waals surface area contributed by atoms with Crippen LogP contribution in [0.5, 0.6) is 0 Å². The van der Waals surface area contributed by atoms with E-state index in [0.29, 0.717) is 0 Å². The number of nitrogens with zero attached hydrogens (tertiary/aromatic N) is 2. The first-order chi connectivity index (χ1) is 9.22. The first-order valence-electron chi connectivity index (χ1n) is 7.62. The fourth-order valence-corrected chi connectivity index (χ4v) is 2.30. The number of amidine groups is 1. The molecule has 0 unspecified atom stereocenters. The molecule has 1 aliphatic heterocycles. The van der Waals surface area contributed by atoms with Gasteiger partial charge in [-0.3, -0.25) is 0 Å². The van der Waals surface area contributed by atoms with Gasteiger partial charge in [0.2, 0.25) is 0 Å². The van der Waals surface area contributed by atoms with Crippen molar-refractivity contribution in [3.05, 3.63) is 36.1 Å². The van der Waals surface area contributed by atoms with Crippen LogP contribution in [0, 0.1) is 0 Å². The molecule has 106 valence electrons. The van der Waals surface area contributed by atoms with Crippen LogP contribution in [-0.4, -0.2) is 23.8 Å². The highest BCUT2D eigenvalue weighted by Gasteiger charge is 2.15.